The largest absolute Gasteiger partial charge is 0.491 e. The number of ether oxygens (including phenoxy) is 1. The summed E-state index contributed by atoms with van der Waals surface area (Å²) in [6.07, 6.45) is -0.814. The van der Waals surface area contributed by atoms with Gasteiger partial charge in [-0.15, -0.1) is 5.10 Å². The molecule has 0 spiro atoms. The Labute approximate surface area is 212 Å². The maximum atomic E-state index is 13.1. The quantitative estimate of drug-likeness (QED) is 0.317. The summed E-state index contributed by atoms with van der Waals surface area (Å²) in [6.45, 7) is 0. The summed E-state index contributed by atoms with van der Waals surface area (Å²) >= 11 is 0. The van der Waals surface area contributed by atoms with E-state index in [0.29, 0.717) is 28.3 Å². The number of urea groups is 1. The predicted molar refractivity (Wildman–Crippen MR) is 127 cm³/mol. The second-order valence-electron chi connectivity index (χ2n) is 7.90. The van der Waals surface area contributed by atoms with Gasteiger partial charge in [-0.05, 0) is 41.7 Å². The maximum Gasteiger partial charge on any atom is 0.491 e. The maximum absolute atomic E-state index is 13.1. The normalized spacial score (nSPS) is 15.0. The Hall–Kier alpha value is -5.25. The highest BCUT2D eigenvalue weighted by atomic mass is 19.4. The number of nitrogens with zero attached hydrogens (tertiary/aromatic N) is 6. The number of alkyl halides is 3. The number of fused-ring (bicyclic) bond motifs is 1. The van der Waals surface area contributed by atoms with E-state index in [1.165, 1.54) is 18.3 Å². The van der Waals surface area contributed by atoms with Gasteiger partial charge in [0.1, 0.15) is 11.4 Å². The van der Waals surface area contributed by atoms with Crippen molar-refractivity contribution in [2.24, 2.45) is 5.10 Å². The molecule has 3 aromatic heterocycles. The van der Waals surface area contributed by atoms with Crippen molar-refractivity contribution in [2.45, 2.75) is 18.6 Å². The number of esters is 1. The number of nitrogens with one attached hydrogen (secondary N) is 1. The van der Waals surface area contributed by atoms with Gasteiger partial charge in [0.2, 0.25) is 5.90 Å². The first-order valence-electron chi connectivity index (χ1n) is 11.1. The van der Waals surface area contributed by atoms with Gasteiger partial charge in [0.25, 0.3) is 0 Å². The molecule has 0 aliphatic carbocycles. The smallest absolute Gasteiger partial charge is 0.403 e. The number of carbonyl (C=O) groups is 2. The van der Waals surface area contributed by atoms with Crippen LogP contribution in [0.5, 0.6) is 0 Å². The SMILES string of the molecule is O=C(Nc1ccnc(C#Cc2cnc3cccnn23)c1)N1N=C(OC(=O)C(F)(F)F)CC1c1ccccc1. The minimum absolute atomic E-state index is 0.223. The molecular formula is C25H16F3N7O3. The minimum Gasteiger partial charge on any atom is -0.403 e. The van der Waals surface area contributed by atoms with E-state index in [1.54, 1.807) is 59.4 Å². The Morgan fingerprint density at radius 2 is 1.84 bits per heavy atom. The van der Waals surface area contributed by atoms with Crippen LogP contribution in [0.1, 0.15) is 29.4 Å². The lowest BCUT2D eigenvalue weighted by atomic mass is 10.0. The number of imidazole rings is 1. The van der Waals surface area contributed by atoms with Crippen LogP contribution in [-0.2, 0) is 9.53 Å². The first-order valence-corrected chi connectivity index (χ1v) is 11.1. The van der Waals surface area contributed by atoms with Crippen LogP contribution in [0.4, 0.5) is 23.7 Å². The van der Waals surface area contributed by atoms with E-state index in [9.17, 15) is 22.8 Å². The zero-order valence-corrected chi connectivity index (χ0v) is 19.3. The average molecular weight is 519 g/mol. The van der Waals surface area contributed by atoms with Crippen LogP contribution in [0, 0.1) is 11.8 Å². The topological polar surface area (TPSA) is 114 Å². The Kier molecular flexibility index (Phi) is 6.44. The summed E-state index contributed by atoms with van der Waals surface area (Å²) in [5, 5.41) is 11.6. The molecule has 1 atom stereocenters. The molecule has 0 saturated heterocycles. The van der Waals surface area contributed by atoms with Gasteiger partial charge in [-0.1, -0.05) is 30.3 Å². The summed E-state index contributed by atoms with van der Waals surface area (Å²) < 4.78 is 44.0. The number of hydrogen-bond acceptors (Lipinski definition) is 7. The zero-order chi connectivity index (χ0) is 26.7. The van der Waals surface area contributed by atoms with Gasteiger partial charge in [-0.2, -0.15) is 18.3 Å². The van der Waals surface area contributed by atoms with Crippen molar-refractivity contribution in [2.75, 3.05) is 5.32 Å². The fraction of sp³-hybridized carbons (Fsp3) is 0.120. The van der Waals surface area contributed by atoms with Crippen molar-refractivity contribution in [3.63, 3.8) is 0 Å². The molecule has 10 nitrogen and oxygen atoms in total. The molecule has 1 N–H and O–H groups in total. The molecule has 0 saturated carbocycles. The number of anilines is 1. The van der Waals surface area contributed by atoms with Gasteiger partial charge in [0.05, 0.1) is 18.7 Å². The average Bonchev–Trinajstić information content (AvgIpc) is 3.52. The molecule has 13 heteroatoms. The highest BCUT2D eigenvalue weighted by molar-refractivity contribution is 5.96. The van der Waals surface area contributed by atoms with Crippen LogP contribution < -0.4 is 5.32 Å². The molecule has 38 heavy (non-hydrogen) atoms. The lowest BCUT2D eigenvalue weighted by Gasteiger charge is -2.21. The molecule has 0 fully saturated rings. The summed E-state index contributed by atoms with van der Waals surface area (Å²) in [7, 11) is 0. The summed E-state index contributed by atoms with van der Waals surface area (Å²) in [6, 6.07) is 13.5. The number of rotatable bonds is 2. The van der Waals surface area contributed by atoms with E-state index in [-0.39, 0.29) is 6.42 Å². The molecule has 1 aliphatic heterocycles. The number of amides is 2. The Balaban J connectivity index is 1.36. The van der Waals surface area contributed by atoms with Gasteiger partial charge < -0.3 is 10.1 Å². The van der Waals surface area contributed by atoms with Gasteiger partial charge in [-0.3, -0.25) is 0 Å². The Morgan fingerprint density at radius 3 is 2.63 bits per heavy atom. The fourth-order valence-electron chi connectivity index (χ4n) is 3.63. The summed E-state index contributed by atoms with van der Waals surface area (Å²) in [5.41, 5.74) is 2.40. The van der Waals surface area contributed by atoms with Gasteiger partial charge >= 0.3 is 18.2 Å². The number of hydrogen-bond donors (Lipinski definition) is 1. The second kappa shape index (κ2) is 10.0. The van der Waals surface area contributed by atoms with Crippen molar-refractivity contribution >= 4 is 29.2 Å². The summed E-state index contributed by atoms with van der Waals surface area (Å²) in [5.74, 6) is 2.86. The standard InChI is InChI=1S/C25H16F3N7O3/c26-25(27,28)23(36)38-22-14-20(16-5-2-1-3-6-16)35(33-22)24(37)32-18-10-12-29-17(13-18)8-9-19-15-30-21-7-4-11-31-34(19)21/h1-7,10-13,15,20H,14H2,(H,29,32,37). The molecule has 1 unspecified atom stereocenters. The van der Waals surface area contributed by atoms with E-state index >= 15 is 0 Å². The molecule has 5 rings (SSSR count). The fourth-order valence-corrected chi connectivity index (χ4v) is 3.63. The molecular weight excluding hydrogens is 503 g/mol. The van der Waals surface area contributed by atoms with Crippen molar-refractivity contribution in [3.05, 3.63) is 90.1 Å². The highest BCUT2D eigenvalue weighted by Gasteiger charge is 2.44. The number of carbonyl (C=O) groups excluding carboxylic acids is 2. The minimum atomic E-state index is -5.20. The van der Waals surface area contributed by atoms with E-state index < -0.39 is 30.1 Å². The van der Waals surface area contributed by atoms with Crippen LogP contribution >= 0.6 is 0 Å². The van der Waals surface area contributed by atoms with Crippen LogP contribution in [-0.4, -0.2) is 48.7 Å². The molecule has 4 heterocycles. The molecule has 0 radical (unpaired) electrons. The van der Waals surface area contributed by atoms with E-state index in [4.69, 9.17) is 0 Å². The lowest BCUT2D eigenvalue weighted by Crippen LogP contribution is -2.31. The van der Waals surface area contributed by atoms with Crippen LogP contribution in [0.15, 0.2) is 78.3 Å². The number of pyridine rings is 1. The number of halogens is 3. The highest BCUT2D eigenvalue weighted by Crippen LogP contribution is 2.32. The Bertz CT molecular complexity index is 1610. The second-order valence-corrected chi connectivity index (χ2v) is 7.90. The van der Waals surface area contributed by atoms with Gasteiger partial charge in [0, 0.05) is 18.1 Å². The third kappa shape index (κ3) is 5.29. The zero-order valence-electron chi connectivity index (χ0n) is 19.3. The monoisotopic (exact) mass is 519 g/mol. The third-order valence-corrected chi connectivity index (χ3v) is 5.32. The molecule has 190 valence electrons. The molecule has 4 aromatic rings. The first-order chi connectivity index (χ1) is 18.3. The van der Waals surface area contributed by atoms with Crippen molar-refractivity contribution < 1.29 is 27.5 Å². The van der Waals surface area contributed by atoms with Crippen LogP contribution in [0.3, 0.4) is 0 Å². The Morgan fingerprint density at radius 1 is 1.03 bits per heavy atom. The number of aromatic nitrogens is 4. The van der Waals surface area contributed by atoms with E-state index in [0.717, 1.165) is 5.01 Å². The molecule has 0 bridgehead atoms. The third-order valence-electron chi connectivity index (χ3n) is 5.32. The number of hydrazone groups is 1. The lowest BCUT2D eigenvalue weighted by molar-refractivity contribution is -0.191. The first kappa shape index (κ1) is 24.4. The van der Waals surface area contributed by atoms with E-state index in [1.807, 2.05) is 0 Å². The molecule has 2 amide bonds. The molecule has 1 aromatic carbocycles. The van der Waals surface area contributed by atoms with Crippen molar-refractivity contribution in [1.82, 2.24) is 24.6 Å². The predicted octanol–water partition coefficient (Wildman–Crippen LogP) is 3.92. The summed E-state index contributed by atoms with van der Waals surface area (Å²) in [4.78, 5) is 32.8. The van der Waals surface area contributed by atoms with Gasteiger partial charge in [-0.25, -0.2) is 29.1 Å². The van der Waals surface area contributed by atoms with Crippen LogP contribution in [0.2, 0.25) is 0 Å². The van der Waals surface area contributed by atoms with Crippen LogP contribution in [0.25, 0.3) is 5.65 Å². The van der Waals surface area contributed by atoms with Gasteiger partial charge in [0.15, 0.2) is 5.65 Å². The van der Waals surface area contributed by atoms with Crippen molar-refractivity contribution in [1.29, 1.82) is 0 Å². The van der Waals surface area contributed by atoms with Crippen molar-refractivity contribution in [3.8, 4) is 11.8 Å². The van der Waals surface area contributed by atoms with E-state index in [2.05, 4.69) is 42.1 Å². The molecule has 1 aliphatic rings. The number of benzene rings is 1.